The second-order valence-corrected chi connectivity index (χ2v) is 3.76. The molecule has 2 rings (SSSR count). The van der Waals surface area contributed by atoms with Crippen molar-refractivity contribution in [3.05, 3.63) is 34.0 Å². The van der Waals surface area contributed by atoms with Gasteiger partial charge in [-0.2, -0.15) is 4.98 Å². The van der Waals surface area contributed by atoms with Gasteiger partial charge < -0.3 is 14.8 Å². The lowest BCUT2D eigenvalue weighted by Crippen LogP contribution is -2.11. The summed E-state index contributed by atoms with van der Waals surface area (Å²) >= 11 is 0. The summed E-state index contributed by atoms with van der Waals surface area (Å²) in [5.74, 6) is 0.853. The third-order valence-electron chi connectivity index (χ3n) is 2.35. The van der Waals surface area contributed by atoms with Crippen LogP contribution in [0, 0.1) is 6.92 Å². The lowest BCUT2D eigenvalue weighted by Gasteiger charge is -1.94. The summed E-state index contributed by atoms with van der Waals surface area (Å²) in [6.45, 7) is 2.58. The predicted octanol–water partition coefficient (Wildman–Crippen LogP) is 0.495. The number of aryl methyl sites for hydroxylation is 1. The number of nitrogens with zero attached hydrogens (tertiary/aromatic N) is 2. The maximum absolute atomic E-state index is 11.7. The molecule has 0 aromatic carbocycles. The lowest BCUT2D eigenvalue weighted by atomic mass is 10.2. The van der Waals surface area contributed by atoms with Crippen molar-refractivity contribution in [2.45, 2.75) is 13.3 Å². The molecule has 0 saturated carbocycles. The molecule has 6 heteroatoms. The van der Waals surface area contributed by atoms with Crippen LogP contribution in [0.1, 0.15) is 11.5 Å². The average molecular weight is 234 g/mol. The van der Waals surface area contributed by atoms with E-state index in [1.165, 1.54) is 6.07 Å². The quantitative estimate of drug-likeness (QED) is 0.804. The van der Waals surface area contributed by atoms with Crippen molar-refractivity contribution >= 4 is 0 Å². The molecule has 0 aliphatic rings. The molecule has 0 radical (unpaired) electrons. The van der Waals surface area contributed by atoms with Crippen molar-refractivity contribution in [1.82, 2.24) is 20.4 Å². The van der Waals surface area contributed by atoms with Gasteiger partial charge in [0, 0.05) is 30.9 Å². The molecule has 2 aromatic rings. The maximum atomic E-state index is 11.7. The van der Waals surface area contributed by atoms with E-state index in [1.54, 1.807) is 6.20 Å². The lowest BCUT2D eigenvalue weighted by molar-refractivity contribution is 0.421. The highest BCUT2D eigenvalue weighted by atomic mass is 16.5. The molecule has 2 heterocycles. The Morgan fingerprint density at radius 3 is 3.06 bits per heavy atom. The summed E-state index contributed by atoms with van der Waals surface area (Å²) in [5, 5.41) is 6.81. The van der Waals surface area contributed by atoms with Gasteiger partial charge in [-0.3, -0.25) is 4.79 Å². The van der Waals surface area contributed by atoms with Gasteiger partial charge in [-0.15, -0.1) is 0 Å². The van der Waals surface area contributed by atoms with E-state index in [-0.39, 0.29) is 11.3 Å². The van der Waals surface area contributed by atoms with E-state index in [0.29, 0.717) is 17.8 Å². The van der Waals surface area contributed by atoms with Crippen LogP contribution in [0.4, 0.5) is 0 Å². The van der Waals surface area contributed by atoms with Crippen molar-refractivity contribution in [2.24, 2.45) is 0 Å². The summed E-state index contributed by atoms with van der Waals surface area (Å²) < 4.78 is 5.06. The van der Waals surface area contributed by atoms with Crippen LogP contribution in [0.15, 0.2) is 21.6 Å². The van der Waals surface area contributed by atoms with E-state index < -0.39 is 0 Å². The monoisotopic (exact) mass is 234 g/mol. The minimum atomic E-state index is -0.120. The van der Waals surface area contributed by atoms with Crippen LogP contribution in [-0.4, -0.2) is 28.7 Å². The Hall–Kier alpha value is -1.95. The minimum absolute atomic E-state index is 0.120. The van der Waals surface area contributed by atoms with E-state index in [4.69, 9.17) is 4.52 Å². The zero-order valence-corrected chi connectivity index (χ0v) is 9.78. The Morgan fingerprint density at radius 2 is 2.35 bits per heavy atom. The molecule has 90 valence electrons. The Kier molecular flexibility index (Phi) is 3.34. The number of likely N-dealkylation sites (N-methyl/N-ethyl adjacent to an activating group) is 1. The number of pyridine rings is 1. The second-order valence-electron chi connectivity index (χ2n) is 3.76. The smallest absolute Gasteiger partial charge is 0.263 e. The highest BCUT2D eigenvalue weighted by Gasteiger charge is 2.11. The van der Waals surface area contributed by atoms with Crippen LogP contribution in [0.5, 0.6) is 0 Å². The van der Waals surface area contributed by atoms with Crippen molar-refractivity contribution in [2.75, 3.05) is 13.6 Å². The Labute approximate surface area is 98.1 Å². The molecule has 0 atom stereocenters. The van der Waals surface area contributed by atoms with Gasteiger partial charge in [0.25, 0.3) is 5.89 Å². The molecule has 2 aromatic heterocycles. The van der Waals surface area contributed by atoms with E-state index >= 15 is 0 Å². The van der Waals surface area contributed by atoms with Gasteiger partial charge in [0.2, 0.25) is 0 Å². The topological polar surface area (TPSA) is 83.8 Å². The molecular formula is C11H14N4O2. The zero-order valence-electron chi connectivity index (χ0n) is 9.78. The molecule has 0 aliphatic heterocycles. The first-order valence-electron chi connectivity index (χ1n) is 5.37. The summed E-state index contributed by atoms with van der Waals surface area (Å²) in [4.78, 5) is 18.8. The van der Waals surface area contributed by atoms with Gasteiger partial charge >= 0.3 is 0 Å². The number of rotatable bonds is 4. The molecule has 0 amide bonds. The van der Waals surface area contributed by atoms with Crippen molar-refractivity contribution in [1.29, 1.82) is 0 Å². The Bertz CT molecular complexity index is 559. The molecule has 0 aliphatic carbocycles. The molecule has 0 bridgehead atoms. The second kappa shape index (κ2) is 4.92. The van der Waals surface area contributed by atoms with Crippen molar-refractivity contribution in [3.63, 3.8) is 0 Å². The SMILES string of the molecule is CNCCc1noc(-c2c[nH]c(C)cc2=O)n1. The Morgan fingerprint density at radius 1 is 1.53 bits per heavy atom. The third kappa shape index (κ3) is 2.59. The van der Waals surface area contributed by atoms with Gasteiger partial charge in [-0.1, -0.05) is 5.16 Å². The first kappa shape index (κ1) is 11.5. The van der Waals surface area contributed by atoms with Crippen LogP contribution in [-0.2, 0) is 6.42 Å². The molecule has 6 nitrogen and oxygen atoms in total. The van der Waals surface area contributed by atoms with Crippen LogP contribution in [0.3, 0.4) is 0 Å². The number of aromatic nitrogens is 3. The van der Waals surface area contributed by atoms with E-state index in [2.05, 4.69) is 20.4 Å². The summed E-state index contributed by atoms with van der Waals surface area (Å²) in [6.07, 6.45) is 2.26. The van der Waals surface area contributed by atoms with Crippen LogP contribution >= 0.6 is 0 Å². The fraction of sp³-hybridized carbons (Fsp3) is 0.364. The summed E-state index contributed by atoms with van der Waals surface area (Å²) in [7, 11) is 1.85. The van der Waals surface area contributed by atoms with Crippen LogP contribution in [0.2, 0.25) is 0 Å². The van der Waals surface area contributed by atoms with E-state index in [0.717, 1.165) is 12.2 Å². The van der Waals surface area contributed by atoms with E-state index in [1.807, 2.05) is 14.0 Å². The predicted molar refractivity (Wildman–Crippen MR) is 62.7 cm³/mol. The molecule has 0 fully saturated rings. The summed E-state index contributed by atoms with van der Waals surface area (Å²) in [5.41, 5.74) is 1.08. The highest BCUT2D eigenvalue weighted by molar-refractivity contribution is 5.50. The fourth-order valence-electron chi connectivity index (χ4n) is 1.44. The number of nitrogens with one attached hydrogen (secondary N) is 2. The molecule has 17 heavy (non-hydrogen) atoms. The largest absolute Gasteiger partial charge is 0.364 e. The van der Waals surface area contributed by atoms with Gasteiger partial charge in [0.05, 0.1) is 0 Å². The number of hydrogen-bond donors (Lipinski definition) is 2. The molecule has 0 spiro atoms. The van der Waals surface area contributed by atoms with Crippen molar-refractivity contribution < 1.29 is 4.52 Å². The van der Waals surface area contributed by atoms with Crippen LogP contribution < -0.4 is 10.7 Å². The fourth-order valence-corrected chi connectivity index (χ4v) is 1.44. The first-order chi connectivity index (χ1) is 8.20. The normalized spacial score (nSPS) is 10.7. The Balaban J connectivity index is 2.27. The minimum Gasteiger partial charge on any atom is -0.364 e. The van der Waals surface area contributed by atoms with Gasteiger partial charge in [-0.05, 0) is 14.0 Å². The molecule has 0 saturated heterocycles. The molecule has 2 N–H and O–H groups in total. The molecular weight excluding hydrogens is 220 g/mol. The first-order valence-corrected chi connectivity index (χ1v) is 5.37. The van der Waals surface area contributed by atoms with Gasteiger partial charge in [0.15, 0.2) is 11.3 Å². The number of hydrogen-bond acceptors (Lipinski definition) is 5. The van der Waals surface area contributed by atoms with Crippen molar-refractivity contribution in [3.8, 4) is 11.5 Å². The zero-order chi connectivity index (χ0) is 12.3. The van der Waals surface area contributed by atoms with Gasteiger partial charge in [0.1, 0.15) is 5.56 Å². The van der Waals surface area contributed by atoms with Crippen LogP contribution in [0.25, 0.3) is 11.5 Å². The molecule has 0 unspecified atom stereocenters. The van der Waals surface area contributed by atoms with E-state index in [9.17, 15) is 4.79 Å². The summed E-state index contributed by atoms with van der Waals surface area (Å²) in [6, 6.07) is 1.51. The number of H-pyrrole nitrogens is 1. The maximum Gasteiger partial charge on any atom is 0.263 e. The number of aromatic amines is 1. The highest BCUT2D eigenvalue weighted by Crippen LogP contribution is 2.11. The third-order valence-corrected chi connectivity index (χ3v) is 2.35. The average Bonchev–Trinajstić information content (AvgIpc) is 2.75. The standard InChI is InChI=1S/C11H14N4O2/c1-7-5-9(16)8(6-13-7)11-14-10(15-17-11)3-4-12-2/h5-6,12H,3-4H2,1-2H3,(H,13,16). The van der Waals surface area contributed by atoms with Gasteiger partial charge in [-0.25, -0.2) is 0 Å².